The highest BCUT2D eigenvalue weighted by molar-refractivity contribution is 5.68. The molecule has 0 spiro atoms. The molecule has 0 atom stereocenters. The molecule has 76 valence electrons. The average Bonchev–Trinajstić information content (AvgIpc) is 2.00. The van der Waals surface area contributed by atoms with E-state index in [2.05, 4.69) is 0 Å². The molecule has 0 aromatic carbocycles. The van der Waals surface area contributed by atoms with Gasteiger partial charge >= 0.3 is 6.09 Å². The zero-order chi connectivity index (χ0) is 11.7. The average molecular weight is 187 g/mol. The Morgan fingerprint density at radius 3 is 2.38 bits per heavy atom. The van der Waals surface area contributed by atoms with Crippen LogP contribution in [0, 0.1) is 0 Å². The lowest BCUT2D eigenvalue weighted by atomic mass is 10.1. The number of ether oxygens (including phenoxy) is 1. The predicted molar refractivity (Wildman–Crippen MR) is 51.7 cm³/mol. The van der Waals surface area contributed by atoms with Gasteiger partial charge in [-0.3, -0.25) is 0 Å². The van der Waals surface area contributed by atoms with Crippen LogP contribution in [0.5, 0.6) is 0 Å². The highest BCUT2D eigenvalue weighted by Gasteiger charge is 2.22. The number of nitrogens with zero attached hydrogens (tertiary/aromatic N) is 1. The van der Waals surface area contributed by atoms with Crippen molar-refractivity contribution in [3.05, 3.63) is 0 Å². The van der Waals surface area contributed by atoms with Crippen LogP contribution in [0.2, 0.25) is 0 Å². The van der Waals surface area contributed by atoms with Crippen LogP contribution in [0.3, 0.4) is 0 Å². The summed E-state index contributed by atoms with van der Waals surface area (Å²) in [5.74, 6) is 0. The Kier molecular flexibility index (Phi) is 2.35. The molecule has 1 rings (SSSR count). The van der Waals surface area contributed by atoms with Gasteiger partial charge in [-0.25, -0.2) is 4.79 Å². The molecule has 13 heavy (non-hydrogen) atoms. The Morgan fingerprint density at radius 1 is 1.38 bits per heavy atom. The Balaban J connectivity index is 2.44. The molecule has 0 unspecified atom stereocenters. The molecule has 1 aliphatic heterocycles. The van der Waals surface area contributed by atoms with E-state index in [-0.39, 0.29) is 6.09 Å². The van der Waals surface area contributed by atoms with Crippen molar-refractivity contribution < 1.29 is 12.3 Å². The molecule has 0 N–H and O–H groups in total. The molecule has 1 amide bonds. The second-order valence-electron chi connectivity index (χ2n) is 4.22. The lowest BCUT2D eigenvalue weighted by Crippen LogP contribution is -2.39. The van der Waals surface area contributed by atoms with Gasteiger partial charge in [0.05, 0.1) is 0 Å². The van der Waals surface area contributed by atoms with Crippen LogP contribution >= 0.6 is 0 Å². The number of piperidine rings is 1. The van der Waals surface area contributed by atoms with Gasteiger partial charge in [-0.15, -0.1) is 0 Å². The molecule has 0 aromatic heterocycles. The number of likely N-dealkylation sites (tertiary alicyclic amines) is 1. The summed E-state index contributed by atoms with van der Waals surface area (Å²) in [6, 6.07) is 0. The van der Waals surface area contributed by atoms with Crippen LogP contribution in [0.25, 0.3) is 0 Å². The third-order valence-electron chi connectivity index (χ3n) is 1.77. The highest BCUT2D eigenvalue weighted by atomic mass is 16.6. The van der Waals surface area contributed by atoms with E-state index in [1.54, 1.807) is 4.90 Å². The van der Waals surface area contributed by atoms with Gasteiger partial charge in [0, 0.05) is 15.8 Å². The summed E-state index contributed by atoms with van der Waals surface area (Å²) in [6.45, 7) is 6.38. The van der Waals surface area contributed by atoms with Crippen molar-refractivity contribution in [3.63, 3.8) is 0 Å². The Labute approximate surface area is 82.9 Å². The molecular formula is C10H19NO2. The van der Waals surface area contributed by atoms with Crippen molar-refractivity contribution in [1.82, 2.24) is 4.90 Å². The summed E-state index contributed by atoms with van der Waals surface area (Å²) in [6.07, 6.45) is -0.671. The fraction of sp³-hybridized carbons (Fsp3) is 0.900. The van der Waals surface area contributed by atoms with Crippen molar-refractivity contribution in [1.29, 1.82) is 0 Å². The molecule has 0 aromatic rings. The SMILES string of the molecule is [2H]C1([2H])CCN(C(=O)OC(C)(C)C)CC1. The summed E-state index contributed by atoms with van der Waals surface area (Å²) in [7, 11) is 0. The lowest BCUT2D eigenvalue weighted by Gasteiger charge is -2.29. The van der Waals surface area contributed by atoms with E-state index < -0.39 is 12.0 Å². The van der Waals surface area contributed by atoms with Crippen molar-refractivity contribution >= 4 is 6.09 Å². The maximum absolute atomic E-state index is 11.6. The topological polar surface area (TPSA) is 29.5 Å². The van der Waals surface area contributed by atoms with E-state index in [0.29, 0.717) is 25.9 Å². The van der Waals surface area contributed by atoms with Gasteiger partial charge in [0.1, 0.15) is 5.60 Å². The molecular weight excluding hydrogens is 166 g/mol. The van der Waals surface area contributed by atoms with Crippen LogP contribution in [0.4, 0.5) is 4.79 Å². The first-order valence-electron chi connectivity index (χ1n) is 5.68. The quantitative estimate of drug-likeness (QED) is 0.583. The molecule has 0 aliphatic carbocycles. The van der Waals surface area contributed by atoms with E-state index >= 15 is 0 Å². The Hall–Kier alpha value is -0.730. The highest BCUT2D eigenvalue weighted by Crippen LogP contribution is 2.14. The molecule has 1 aliphatic rings. The number of carbonyl (C=O) groups excluding carboxylic acids is 1. The van der Waals surface area contributed by atoms with Crippen LogP contribution < -0.4 is 0 Å². The normalized spacial score (nSPS) is 24.7. The summed E-state index contributed by atoms with van der Waals surface area (Å²) in [5, 5.41) is 0. The third kappa shape index (κ3) is 3.66. The van der Waals surface area contributed by atoms with Crippen molar-refractivity contribution in [2.75, 3.05) is 13.1 Å². The van der Waals surface area contributed by atoms with Crippen LogP contribution in [-0.4, -0.2) is 29.7 Å². The summed E-state index contributed by atoms with van der Waals surface area (Å²) in [4.78, 5) is 13.2. The molecule has 0 radical (unpaired) electrons. The number of carbonyl (C=O) groups is 1. The fourth-order valence-electron chi connectivity index (χ4n) is 1.17. The van der Waals surface area contributed by atoms with E-state index in [9.17, 15) is 4.79 Å². The number of hydrogen-bond acceptors (Lipinski definition) is 2. The van der Waals surface area contributed by atoms with E-state index in [4.69, 9.17) is 7.48 Å². The summed E-state index contributed by atoms with van der Waals surface area (Å²) < 4.78 is 20.3. The molecule has 1 fully saturated rings. The summed E-state index contributed by atoms with van der Waals surface area (Å²) in [5.41, 5.74) is -0.479. The van der Waals surface area contributed by atoms with Gasteiger partial charge in [-0.1, -0.05) is 0 Å². The predicted octanol–water partition coefficient (Wildman–Crippen LogP) is 2.41. The maximum Gasteiger partial charge on any atom is 0.410 e. The van der Waals surface area contributed by atoms with Gasteiger partial charge in [0.15, 0.2) is 0 Å². The van der Waals surface area contributed by atoms with Crippen LogP contribution in [-0.2, 0) is 4.74 Å². The lowest BCUT2D eigenvalue weighted by molar-refractivity contribution is 0.0216. The minimum atomic E-state index is -1.13. The smallest absolute Gasteiger partial charge is 0.410 e. The molecule has 0 bridgehead atoms. The number of hydrogen-bond donors (Lipinski definition) is 0. The van der Waals surface area contributed by atoms with Crippen molar-refractivity contribution in [2.24, 2.45) is 0 Å². The fourth-order valence-corrected chi connectivity index (χ4v) is 1.17. The molecule has 0 saturated carbocycles. The van der Waals surface area contributed by atoms with E-state index in [1.807, 2.05) is 20.8 Å². The third-order valence-corrected chi connectivity index (χ3v) is 1.77. The van der Waals surface area contributed by atoms with Gasteiger partial charge in [-0.2, -0.15) is 0 Å². The molecule has 1 saturated heterocycles. The number of amides is 1. The maximum atomic E-state index is 11.6. The Bertz CT molecular complexity index is 238. The molecule has 3 nitrogen and oxygen atoms in total. The Morgan fingerprint density at radius 2 is 1.92 bits per heavy atom. The van der Waals surface area contributed by atoms with Crippen LogP contribution in [0.15, 0.2) is 0 Å². The van der Waals surface area contributed by atoms with Gasteiger partial charge in [0.25, 0.3) is 0 Å². The zero-order valence-electron chi connectivity index (χ0n) is 10.6. The first kappa shape index (κ1) is 7.65. The minimum Gasteiger partial charge on any atom is -0.444 e. The largest absolute Gasteiger partial charge is 0.444 e. The second-order valence-corrected chi connectivity index (χ2v) is 4.22. The van der Waals surface area contributed by atoms with E-state index in [0.717, 1.165) is 0 Å². The summed E-state index contributed by atoms with van der Waals surface area (Å²) >= 11 is 0. The first-order chi connectivity index (χ1) is 6.70. The van der Waals surface area contributed by atoms with Gasteiger partial charge in [-0.05, 0) is 40.0 Å². The molecule has 1 heterocycles. The van der Waals surface area contributed by atoms with Crippen molar-refractivity contribution in [3.8, 4) is 0 Å². The van der Waals surface area contributed by atoms with Gasteiger partial charge in [0.2, 0.25) is 0 Å². The zero-order valence-corrected chi connectivity index (χ0v) is 8.59. The number of rotatable bonds is 0. The van der Waals surface area contributed by atoms with Gasteiger partial charge < -0.3 is 9.64 Å². The molecule has 3 heteroatoms. The monoisotopic (exact) mass is 187 g/mol. The van der Waals surface area contributed by atoms with Crippen LogP contribution in [0.1, 0.15) is 42.7 Å². The van der Waals surface area contributed by atoms with Crippen molar-refractivity contribution in [2.45, 2.75) is 45.6 Å². The first-order valence-corrected chi connectivity index (χ1v) is 4.68. The second kappa shape index (κ2) is 3.99. The standard InChI is InChI=1S/C10H19NO2/c1-10(2,3)13-9(12)11-7-5-4-6-8-11/h4-8H2,1-3H3/i4D2. The minimum absolute atomic E-state index is 0.335. The van der Waals surface area contributed by atoms with E-state index in [1.165, 1.54) is 0 Å².